The smallest absolute Gasteiger partial charge is 0.228 e. The highest BCUT2D eigenvalue weighted by atomic mass is 19.2. The summed E-state index contributed by atoms with van der Waals surface area (Å²) in [6.45, 7) is 0. The number of hydrogen-bond acceptors (Lipinski definition) is 3. The van der Waals surface area contributed by atoms with E-state index in [0.717, 1.165) is 18.3 Å². The molecule has 2 aromatic rings. The first-order valence-corrected chi connectivity index (χ1v) is 6.07. The van der Waals surface area contributed by atoms with Crippen molar-refractivity contribution in [3.8, 4) is 5.75 Å². The number of nitrogens with one attached hydrogen (secondary N) is 2. The Hall–Kier alpha value is -2.76. The molecular formula is C15H12F2N2O2. The van der Waals surface area contributed by atoms with Crippen LogP contribution in [-0.4, -0.2) is 17.2 Å². The summed E-state index contributed by atoms with van der Waals surface area (Å²) in [6.07, 6.45) is 0.868. The number of phenols is 1. The van der Waals surface area contributed by atoms with E-state index in [1.807, 2.05) is 0 Å². The molecule has 0 spiro atoms. The van der Waals surface area contributed by atoms with E-state index < -0.39 is 17.5 Å². The molecule has 1 amide bonds. The Morgan fingerprint density at radius 3 is 2.57 bits per heavy atom. The molecule has 0 radical (unpaired) electrons. The molecule has 0 aromatic heterocycles. The fraction of sp³-hybridized carbons (Fsp3) is 0.0667. The van der Waals surface area contributed by atoms with Gasteiger partial charge < -0.3 is 15.8 Å². The molecule has 0 fully saturated rings. The number of anilines is 1. The Bertz CT molecular complexity index is 702. The lowest BCUT2D eigenvalue weighted by molar-refractivity contribution is -0.115. The Balaban J connectivity index is 2.06. The third-order valence-corrected chi connectivity index (χ3v) is 2.82. The van der Waals surface area contributed by atoms with E-state index >= 15 is 0 Å². The molecule has 4 nitrogen and oxygen atoms in total. The van der Waals surface area contributed by atoms with Crippen molar-refractivity contribution in [3.63, 3.8) is 0 Å². The SMILES string of the molecule is N=Cc1ccc(NC(=O)Cc2ccc(F)c(F)c2)cc1O. The molecule has 0 atom stereocenters. The highest BCUT2D eigenvalue weighted by Gasteiger charge is 2.08. The number of amides is 1. The second-order valence-electron chi connectivity index (χ2n) is 4.39. The Kier molecular flexibility index (Phi) is 4.27. The van der Waals surface area contributed by atoms with Gasteiger partial charge in [-0.25, -0.2) is 8.78 Å². The van der Waals surface area contributed by atoms with E-state index in [4.69, 9.17) is 5.41 Å². The first-order chi connectivity index (χ1) is 9.99. The predicted octanol–water partition coefficient (Wildman–Crippen LogP) is 2.85. The molecule has 0 aliphatic carbocycles. The van der Waals surface area contributed by atoms with Crippen molar-refractivity contribution in [3.05, 3.63) is 59.2 Å². The van der Waals surface area contributed by atoms with Crippen LogP contribution < -0.4 is 5.32 Å². The Morgan fingerprint density at radius 2 is 1.95 bits per heavy atom. The number of benzene rings is 2. The van der Waals surface area contributed by atoms with Crippen LogP contribution in [0.3, 0.4) is 0 Å². The van der Waals surface area contributed by atoms with Crippen LogP contribution in [0.1, 0.15) is 11.1 Å². The molecule has 2 rings (SSSR count). The van der Waals surface area contributed by atoms with Crippen LogP contribution in [0.4, 0.5) is 14.5 Å². The Morgan fingerprint density at radius 1 is 1.19 bits per heavy atom. The number of halogens is 2. The van der Waals surface area contributed by atoms with Gasteiger partial charge in [-0.05, 0) is 29.8 Å². The Labute approximate surface area is 119 Å². The summed E-state index contributed by atoms with van der Waals surface area (Å²) in [5.41, 5.74) is 1.02. The molecule has 6 heteroatoms. The van der Waals surface area contributed by atoms with Crippen LogP contribution in [-0.2, 0) is 11.2 Å². The number of aromatic hydroxyl groups is 1. The van der Waals surface area contributed by atoms with Gasteiger partial charge in [-0.2, -0.15) is 0 Å². The molecule has 2 aromatic carbocycles. The molecule has 0 saturated carbocycles. The monoisotopic (exact) mass is 290 g/mol. The van der Waals surface area contributed by atoms with Gasteiger partial charge in [0.05, 0.1) is 6.42 Å². The molecule has 0 saturated heterocycles. The summed E-state index contributed by atoms with van der Waals surface area (Å²) in [4.78, 5) is 11.8. The van der Waals surface area contributed by atoms with Gasteiger partial charge in [-0.3, -0.25) is 4.79 Å². The van der Waals surface area contributed by atoms with E-state index in [2.05, 4.69) is 5.32 Å². The summed E-state index contributed by atoms with van der Waals surface area (Å²) in [5.74, 6) is -2.53. The summed E-state index contributed by atoms with van der Waals surface area (Å²) in [7, 11) is 0. The van der Waals surface area contributed by atoms with Crippen LogP contribution in [0.25, 0.3) is 0 Å². The van der Waals surface area contributed by atoms with Crippen molar-refractivity contribution < 1.29 is 18.7 Å². The van der Waals surface area contributed by atoms with Crippen molar-refractivity contribution in [1.29, 1.82) is 5.41 Å². The predicted molar refractivity (Wildman–Crippen MR) is 74.7 cm³/mol. The number of phenolic OH excluding ortho intramolecular Hbond substituents is 1. The maximum absolute atomic E-state index is 13.0. The van der Waals surface area contributed by atoms with Gasteiger partial charge >= 0.3 is 0 Å². The zero-order chi connectivity index (χ0) is 15.4. The first-order valence-electron chi connectivity index (χ1n) is 6.07. The fourth-order valence-electron chi connectivity index (χ4n) is 1.78. The molecule has 21 heavy (non-hydrogen) atoms. The maximum Gasteiger partial charge on any atom is 0.228 e. The number of rotatable bonds is 4. The molecule has 0 heterocycles. The summed E-state index contributed by atoms with van der Waals surface area (Å²) < 4.78 is 25.8. The van der Waals surface area contributed by atoms with E-state index in [9.17, 15) is 18.7 Å². The molecule has 0 bridgehead atoms. The van der Waals surface area contributed by atoms with Crippen LogP contribution in [0.5, 0.6) is 5.75 Å². The van der Waals surface area contributed by atoms with E-state index in [1.165, 1.54) is 24.3 Å². The van der Waals surface area contributed by atoms with Crippen molar-refractivity contribution in [2.75, 3.05) is 5.32 Å². The topological polar surface area (TPSA) is 73.2 Å². The normalized spacial score (nSPS) is 10.2. The first kappa shape index (κ1) is 14.6. The third kappa shape index (κ3) is 3.62. The lowest BCUT2D eigenvalue weighted by Crippen LogP contribution is -2.14. The van der Waals surface area contributed by atoms with Gasteiger partial charge in [0.2, 0.25) is 5.91 Å². The molecule has 3 N–H and O–H groups in total. The number of carbonyl (C=O) groups is 1. The maximum atomic E-state index is 13.0. The molecular weight excluding hydrogens is 278 g/mol. The fourth-order valence-corrected chi connectivity index (χ4v) is 1.78. The van der Waals surface area contributed by atoms with Crippen molar-refractivity contribution in [1.82, 2.24) is 0 Å². The van der Waals surface area contributed by atoms with Gasteiger partial charge in [0.25, 0.3) is 0 Å². The van der Waals surface area contributed by atoms with Crippen LogP contribution >= 0.6 is 0 Å². The average Bonchev–Trinajstić information content (AvgIpc) is 2.43. The lowest BCUT2D eigenvalue weighted by Gasteiger charge is -2.07. The third-order valence-electron chi connectivity index (χ3n) is 2.82. The summed E-state index contributed by atoms with van der Waals surface area (Å²) >= 11 is 0. The van der Waals surface area contributed by atoms with Crippen molar-refractivity contribution in [2.45, 2.75) is 6.42 Å². The van der Waals surface area contributed by atoms with E-state index in [1.54, 1.807) is 0 Å². The second kappa shape index (κ2) is 6.13. The molecule has 108 valence electrons. The molecule has 0 aliphatic rings. The minimum Gasteiger partial charge on any atom is -0.507 e. The minimum absolute atomic E-state index is 0.121. The highest BCUT2D eigenvalue weighted by molar-refractivity contribution is 5.93. The van der Waals surface area contributed by atoms with Crippen molar-refractivity contribution in [2.24, 2.45) is 0 Å². The minimum atomic E-state index is -1.01. The van der Waals surface area contributed by atoms with Gasteiger partial charge in [0.15, 0.2) is 11.6 Å². The van der Waals surface area contributed by atoms with Gasteiger partial charge in [0.1, 0.15) is 5.75 Å². The van der Waals surface area contributed by atoms with E-state index in [-0.39, 0.29) is 12.2 Å². The van der Waals surface area contributed by atoms with Gasteiger partial charge in [-0.1, -0.05) is 6.07 Å². The molecule has 0 unspecified atom stereocenters. The van der Waals surface area contributed by atoms with Gasteiger partial charge in [-0.15, -0.1) is 0 Å². The van der Waals surface area contributed by atoms with E-state index in [0.29, 0.717) is 16.8 Å². The van der Waals surface area contributed by atoms with Gasteiger partial charge in [0, 0.05) is 23.5 Å². The zero-order valence-corrected chi connectivity index (χ0v) is 10.9. The number of carbonyl (C=O) groups excluding carboxylic acids is 1. The summed E-state index contributed by atoms with van der Waals surface area (Å²) in [6, 6.07) is 7.57. The van der Waals surface area contributed by atoms with Crippen molar-refractivity contribution >= 4 is 17.8 Å². The largest absolute Gasteiger partial charge is 0.507 e. The average molecular weight is 290 g/mol. The standard InChI is InChI=1S/C15H12F2N2O2/c16-12-4-1-9(5-13(12)17)6-15(21)19-11-3-2-10(8-18)14(20)7-11/h1-5,7-8,18,20H,6H2,(H,19,21). The van der Waals surface area contributed by atoms with Crippen LogP contribution in [0.2, 0.25) is 0 Å². The summed E-state index contributed by atoms with van der Waals surface area (Å²) in [5, 5.41) is 19.1. The lowest BCUT2D eigenvalue weighted by atomic mass is 10.1. The zero-order valence-electron chi connectivity index (χ0n) is 10.9. The number of hydrogen-bond donors (Lipinski definition) is 3. The quantitative estimate of drug-likeness (QED) is 0.757. The second-order valence-corrected chi connectivity index (χ2v) is 4.39. The van der Waals surface area contributed by atoms with Crippen LogP contribution in [0.15, 0.2) is 36.4 Å². The van der Waals surface area contributed by atoms with Crippen LogP contribution in [0, 0.1) is 17.0 Å². The molecule has 0 aliphatic heterocycles. The highest BCUT2D eigenvalue weighted by Crippen LogP contribution is 2.20.